The molecular weight excluding hydrogens is 226 g/mol. The molecule has 1 fully saturated rings. The van der Waals surface area contributed by atoms with Crippen LogP contribution in [0.15, 0.2) is 6.20 Å². The minimum Gasteiger partial charge on any atom is -0.298 e. The number of hydrogen-bond donors (Lipinski definition) is 0. The van der Waals surface area contributed by atoms with Gasteiger partial charge in [-0.3, -0.25) is 14.4 Å². The summed E-state index contributed by atoms with van der Waals surface area (Å²) in [6.07, 6.45) is 6.44. The molecule has 4 nitrogen and oxygen atoms in total. The zero-order valence-electron chi connectivity index (χ0n) is 11.6. The van der Waals surface area contributed by atoms with Crippen LogP contribution in [0.3, 0.4) is 0 Å². The van der Waals surface area contributed by atoms with Gasteiger partial charge in [0.25, 0.3) is 0 Å². The number of aldehydes is 1. The lowest BCUT2D eigenvalue weighted by Crippen LogP contribution is -2.38. The molecule has 0 bridgehead atoms. The van der Waals surface area contributed by atoms with Gasteiger partial charge in [0, 0.05) is 19.8 Å². The van der Waals surface area contributed by atoms with Crippen molar-refractivity contribution in [1.82, 2.24) is 14.7 Å². The molecule has 1 aliphatic heterocycles. The molecule has 18 heavy (non-hydrogen) atoms. The lowest BCUT2D eigenvalue weighted by Gasteiger charge is -2.38. The molecular formula is C14H23N3O. The van der Waals surface area contributed by atoms with E-state index in [9.17, 15) is 4.79 Å². The lowest BCUT2D eigenvalue weighted by molar-refractivity contribution is 0.106. The van der Waals surface area contributed by atoms with Crippen LogP contribution in [0.1, 0.15) is 49.2 Å². The molecule has 1 aromatic rings. The van der Waals surface area contributed by atoms with Gasteiger partial charge in [0.05, 0.1) is 11.3 Å². The fraction of sp³-hybridized carbons (Fsp3) is 0.714. The van der Waals surface area contributed by atoms with E-state index in [0.29, 0.717) is 5.41 Å². The second-order valence-corrected chi connectivity index (χ2v) is 5.76. The molecule has 0 unspecified atom stereocenters. The highest BCUT2D eigenvalue weighted by atomic mass is 16.1. The Morgan fingerprint density at radius 1 is 1.44 bits per heavy atom. The van der Waals surface area contributed by atoms with Gasteiger partial charge in [0.15, 0.2) is 6.29 Å². The molecule has 0 saturated carbocycles. The van der Waals surface area contributed by atoms with Gasteiger partial charge in [-0.2, -0.15) is 5.10 Å². The number of aromatic nitrogens is 2. The number of hydrogen-bond acceptors (Lipinski definition) is 3. The maximum atomic E-state index is 11.0. The van der Waals surface area contributed by atoms with Crippen molar-refractivity contribution in [3.8, 4) is 0 Å². The average Bonchev–Trinajstić information content (AvgIpc) is 2.73. The average molecular weight is 249 g/mol. The first-order chi connectivity index (χ1) is 8.56. The van der Waals surface area contributed by atoms with E-state index < -0.39 is 0 Å². The molecule has 1 aliphatic rings. The Balaban J connectivity index is 1.97. The predicted molar refractivity (Wildman–Crippen MR) is 71.5 cm³/mol. The zero-order valence-corrected chi connectivity index (χ0v) is 11.6. The van der Waals surface area contributed by atoms with E-state index in [0.717, 1.165) is 37.2 Å². The van der Waals surface area contributed by atoms with Crippen molar-refractivity contribution in [3.63, 3.8) is 0 Å². The summed E-state index contributed by atoms with van der Waals surface area (Å²) in [4.78, 5) is 13.4. The van der Waals surface area contributed by atoms with Gasteiger partial charge in [0.1, 0.15) is 0 Å². The molecule has 100 valence electrons. The monoisotopic (exact) mass is 249 g/mol. The zero-order chi connectivity index (χ0) is 13.2. The van der Waals surface area contributed by atoms with Crippen LogP contribution in [0.5, 0.6) is 0 Å². The number of aryl methyl sites for hydroxylation is 1. The SMILES string of the molecule is CCC1(C)CCN(Cc2nn(C)cc2C=O)CC1. The maximum absolute atomic E-state index is 11.0. The van der Waals surface area contributed by atoms with Gasteiger partial charge in [0.2, 0.25) is 0 Å². The summed E-state index contributed by atoms with van der Waals surface area (Å²) >= 11 is 0. The van der Waals surface area contributed by atoms with Crippen LogP contribution in [0, 0.1) is 5.41 Å². The van der Waals surface area contributed by atoms with Crippen molar-refractivity contribution in [2.75, 3.05) is 13.1 Å². The van der Waals surface area contributed by atoms with Gasteiger partial charge < -0.3 is 0 Å². The van der Waals surface area contributed by atoms with Crippen LogP contribution < -0.4 is 0 Å². The fourth-order valence-corrected chi connectivity index (χ4v) is 2.59. The Morgan fingerprint density at radius 2 is 2.11 bits per heavy atom. The first-order valence-corrected chi connectivity index (χ1v) is 6.76. The first-order valence-electron chi connectivity index (χ1n) is 6.76. The van der Waals surface area contributed by atoms with E-state index >= 15 is 0 Å². The van der Waals surface area contributed by atoms with Crippen LogP contribution in [-0.4, -0.2) is 34.1 Å². The standard InChI is InChI=1S/C14H23N3O/c1-4-14(2)5-7-17(8-6-14)10-13-12(11-18)9-16(3)15-13/h9,11H,4-8,10H2,1-3H3. The fourth-order valence-electron chi connectivity index (χ4n) is 2.59. The Hall–Kier alpha value is -1.16. The van der Waals surface area contributed by atoms with E-state index in [1.165, 1.54) is 19.3 Å². The van der Waals surface area contributed by atoms with E-state index in [4.69, 9.17) is 0 Å². The summed E-state index contributed by atoms with van der Waals surface area (Å²) in [6.45, 7) is 7.67. The van der Waals surface area contributed by atoms with Crippen molar-refractivity contribution in [1.29, 1.82) is 0 Å². The number of piperidine rings is 1. The second-order valence-electron chi connectivity index (χ2n) is 5.76. The van der Waals surface area contributed by atoms with Crippen LogP contribution in [0.4, 0.5) is 0 Å². The number of carbonyl (C=O) groups is 1. The minimum absolute atomic E-state index is 0.508. The molecule has 0 amide bonds. The Kier molecular flexibility index (Phi) is 3.85. The molecule has 0 radical (unpaired) electrons. The molecule has 0 spiro atoms. The van der Waals surface area contributed by atoms with Crippen LogP contribution in [0.2, 0.25) is 0 Å². The van der Waals surface area contributed by atoms with Gasteiger partial charge in [-0.05, 0) is 31.3 Å². The summed E-state index contributed by atoms with van der Waals surface area (Å²) < 4.78 is 1.72. The van der Waals surface area contributed by atoms with Gasteiger partial charge in [-0.25, -0.2) is 0 Å². The highest BCUT2D eigenvalue weighted by molar-refractivity contribution is 5.75. The molecule has 2 rings (SSSR count). The van der Waals surface area contributed by atoms with Crippen molar-refractivity contribution >= 4 is 6.29 Å². The molecule has 4 heteroatoms. The largest absolute Gasteiger partial charge is 0.298 e. The van der Waals surface area contributed by atoms with Gasteiger partial charge in [-0.15, -0.1) is 0 Å². The smallest absolute Gasteiger partial charge is 0.153 e. The Bertz CT molecular complexity index is 417. The third-order valence-electron chi connectivity index (χ3n) is 4.35. The van der Waals surface area contributed by atoms with Crippen LogP contribution in [-0.2, 0) is 13.6 Å². The number of likely N-dealkylation sites (tertiary alicyclic amines) is 1. The molecule has 2 heterocycles. The molecule has 0 aromatic carbocycles. The van der Waals surface area contributed by atoms with E-state index in [1.807, 2.05) is 7.05 Å². The summed E-state index contributed by atoms with van der Waals surface area (Å²) in [7, 11) is 1.86. The van der Waals surface area contributed by atoms with Crippen molar-refractivity contribution in [2.45, 2.75) is 39.7 Å². The highest BCUT2D eigenvalue weighted by Gasteiger charge is 2.28. The number of carbonyl (C=O) groups excluding carboxylic acids is 1. The second kappa shape index (κ2) is 5.22. The highest BCUT2D eigenvalue weighted by Crippen LogP contribution is 2.34. The molecule has 1 aromatic heterocycles. The van der Waals surface area contributed by atoms with Crippen molar-refractivity contribution in [2.24, 2.45) is 12.5 Å². The van der Waals surface area contributed by atoms with E-state index in [2.05, 4.69) is 23.8 Å². The van der Waals surface area contributed by atoms with Crippen LogP contribution >= 0.6 is 0 Å². The number of nitrogens with zero attached hydrogens (tertiary/aromatic N) is 3. The normalized spacial score (nSPS) is 19.9. The predicted octanol–water partition coefficient (Wildman–Crippen LogP) is 2.24. The Morgan fingerprint density at radius 3 is 2.67 bits per heavy atom. The van der Waals surface area contributed by atoms with E-state index in [1.54, 1.807) is 10.9 Å². The minimum atomic E-state index is 0.508. The number of rotatable bonds is 4. The summed E-state index contributed by atoms with van der Waals surface area (Å²) in [5, 5.41) is 4.38. The quantitative estimate of drug-likeness (QED) is 0.768. The van der Waals surface area contributed by atoms with Gasteiger partial charge in [-0.1, -0.05) is 20.3 Å². The van der Waals surface area contributed by atoms with E-state index in [-0.39, 0.29) is 0 Å². The first kappa shape index (κ1) is 13.3. The Labute approximate surface area is 109 Å². The van der Waals surface area contributed by atoms with Crippen LogP contribution in [0.25, 0.3) is 0 Å². The molecule has 0 atom stereocenters. The molecule has 0 aliphatic carbocycles. The topological polar surface area (TPSA) is 38.1 Å². The third kappa shape index (κ3) is 2.80. The maximum Gasteiger partial charge on any atom is 0.153 e. The van der Waals surface area contributed by atoms with Crippen molar-refractivity contribution < 1.29 is 4.79 Å². The van der Waals surface area contributed by atoms with Gasteiger partial charge >= 0.3 is 0 Å². The summed E-state index contributed by atoms with van der Waals surface area (Å²) in [6, 6.07) is 0. The summed E-state index contributed by atoms with van der Waals surface area (Å²) in [5.41, 5.74) is 2.14. The summed E-state index contributed by atoms with van der Waals surface area (Å²) in [5.74, 6) is 0. The molecule has 0 N–H and O–H groups in total. The van der Waals surface area contributed by atoms with Crippen molar-refractivity contribution in [3.05, 3.63) is 17.5 Å². The molecule has 1 saturated heterocycles. The lowest BCUT2D eigenvalue weighted by atomic mass is 9.78. The third-order valence-corrected chi connectivity index (χ3v) is 4.35.